The number of carbonyl (C=O) groups excluding carboxylic acids is 1. The van der Waals surface area contributed by atoms with Crippen molar-refractivity contribution < 1.29 is 4.79 Å². The predicted molar refractivity (Wildman–Crippen MR) is 130 cm³/mol. The molecular formula is C21H30IN5OS. The zero-order chi connectivity index (χ0) is 19.8. The van der Waals surface area contributed by atoms with Crippen molar-refractivity contribution in [2.24, 2.45) is 10.9 Å². The highest BCUT2D eigenvalue weighted by molar-refractivity contribution is 14.0. The molecule has 0 saturated carbocycles. The van der Waals surface area contributed by atoms with Crippen LogP contribution >= 0.6 is 35.3 Å². The topological polar surface area (TPSA) is 69.6 Å². The van der Waals surface area contributed by atoms with E-state index in [9.17, 15) is 4.79 Å². The number of carbonyl (C=O) groups is 1. The number of aryl methyl sites for hydroxylation is 1. The number of hydrogen-bond donors (Lipinski definition) is 2. The molecule has 2 N–H and O–H groups in total. The maximum atomic E-state index is 12.3. The van der Waals surface area contributed by atoms with Crippen LogP contribution in [0, 0.1) is 12.8 Å². The quantitative estimate of drug-likeness (QED) is 0.315. The van der Waals surface area contributed by atoms with Crippen molar-refractivity contribution in [2.75, 3.05) is 33.2 Å². The van der Waals surface area contributed by atoms with E-state index in [1.54, 1.807) is 18.4 Å². The number of hydrogen-bond acceptors (Lipinski definition) is 4. The summed E-state index contributed by atoms with van der Waals surface area (Å²) in [7, 11) is 1.77. The molecule has 29 heavy (non-hydrogen) atoms. The molecule has 158 valence electrons. The van der Waals surface area contributed by atoms with Crippen molar-refractivity contribution in [1.29, 1.82) is 0 Å². The van der Waals surface area contributed by atoms with Crippen molar-refractivity contribution in [2.45, 2.75) is 26.2 Å². The zero-order valence-electron chi connectivity index (χ0n) is 17.1. The molecule has 1 saturated heterocycles. The van der Waals surface area contributed by atoms with Crippen molar-refractivity contribution >= 4 is 47.2 Å². The summed E-state index contributed by atoms with van der Waals surface area (Å²) in [6.07, 6.45) is 2.39. The molecule has 1 aliphatic rings. The number of guanidine groups is 1. The van der Waals surface area contributed by atoms with Gasteiger partial charge in [0.25, 0.3) is 0 Å². The third kappa shape index (κ3) is 7.58. The summed E-state index contributed by atoms with van der Waals surface area (Å²) < 4.78 is 0. The number of amides is 1. The molecule has 2 heterocycles. The van der Waals surface area contributed by atoms with Crippen LogP contribution in [0.4, 0.5) is 0 Å². The summed E-state index contributed by atoms with van der Waals surface area (Å²) in [5.74, 6) is 1.36. The standard InChI is InChI=1S/C21H29N5OS.HI/c1-16-25-19(15-28-16)8-10-23-21(22-2)24-13-18-12-20(27)26(14-18)11-9-17-6-4-3-5-7-17;/h3-7,15,18H,8-14H2,1-2H3,(H2,22,23,24);1H. The number of nitrogens with zero attached hydrogens (tertiary/aromatic N) is 3. The first kappa shape index (κ1) is 23.6. The van der Waals surface area contributed by atoms with Crippen molar-refractivity contribution in [1.82, 2.24) is 20.5 Å². The molecule has 0 bridgehead atoms. The van der Waals surface area contributed by atoms with Crippen molar-refractivity contribution in [3.63, 3.8) is 0 Å². The Balaban J connectivity index is 0.00000300. The smallest absolute Gasteiger partial charge is 0.223 e. The fourth-order valence-electron chi connectivity index (χ4n) is 3.41. The lowest BCUT2D eigenvalue weighted by Crippen LogP contribution is -2.41. The molecule has 1 aromatic heterocycles. The van der Waals surface area contributed by atoms with Gasteiger partial charge in [0.15, 0.2) is 5.96 Å². The number of nitrogens with one attached hydrogen (secondary N) is 2. The minimum Gasteiger partial charge on any atom is -0.356 e. The highest BCUT2D eigenvalue weighted by Crippen LogP contribution is 2.17. The molecule has 0 aliphatic carbocycles. The minimum absolute atomic E-state index is 0. The van der Waals surface area contributed by atoms with Gasteiger partial charge < -0.3 is 15.5 Å². The van der Waals surface area contributed by atoms with Gasteiger partial charge in [-0.05, 0) is 18.9 Å². The number of rotatable bonds is 8. The molecule has 1 unspecified atom stereocenters. The molecule has 1 aliphatic heterocycles. The van der Waals surface area contributed by atoms with Gasteiger partial charge >= 0.3 is 0 Å². The highest BCUT2D eigenvalue weighted by Gasteiger charge is 2.29. The van der Waals surface area contributed by atoms with Gasteiger partial charge in [0.1, 0.15) is 0 Å². The highest BCUT2D eigenvalue weighted by atomic mass is 127. The third-order valence-electron chi connectivity index (χ3n) is 4.93. The maximum absolute atomic E-state index is 12.3. The van der Waals surface area contributed by atoms with Crippen LogP contribution in [0.25, 0.3) is 0 Å². The molecule has 0 radical (unpaired) electrons. The fraction of sp³-hybridized carbons (Fsp3) is 0.476. The summed E-state index contributed by atoms with van der Waals surface area (Å²) in [6.45, 7) is 5.17. The van der Waals surface area contributed by atoms with Crippen LogP contribution in [0.1, 0.15) is 22.7 Å². The zero-order valence-corrected chi connectivity index (χ0v) is 20.2. The van der Waals surface area contributed by atoms with Gasteiger partial charge in [-0.2, -0.15) is 0 Å². The van der Waals surface area contributed by atoms with Crippen molar-refractivity contribution in [3.8, 4) is 0 Å². The molecule has 3 rings (SSSR count). The molecule has 0 spiro atoms. The Hall–Kier alpha value is -1.68. The summed E-state index contributed by atoms with van der Waals surface area (Å²) in [5.41, 5.74) is 2.39. The first-order chi connectivity index (χ1) is 13.6. The minimum atomic E-state index is 0. The Morgan fingerprint density at radius 2 is 2.07 bits per heavy atom. The van der Waals surface area contributed by atoms with Gasteiger partial charge in [-0.15, -0.1) is 35.3 Å². The lowest BCUT2D eigenvalue weighted by molar-refractivity contribution is -0.127. The van der Waals surface area contributed by atoms with Gasteiger partial charge in [0, 0.05) is 57.4 Å². The number of aliphatic imine (C=N–C) groups is 1. The molecule has 1 fully saturated rings. The predicted octanol–water partition coefficient (Wildman–Crippen LogP) is 2.87. The van der Waals surface area contributed by atoms with Crippen LogP contribution in [0.2, 0.25) is 0 Å². The average molecular weight is 527 g/mol. The molecule has 6 nitrogen and oxygen atoms in total. The van der Waals surface area contributed by atoms with E-state index >= 15 is 0 Å². The number of likely N-dealkylation sites (tertiary alicyclic amines) is 1. The van der Waals surface area contributed by atoms with Gasteiger partial charge in [0.05, 0.1) is 10.7 Å². The normalized spacial score (nSPS) is 16.6. The van der Waals surface area contributed by atoms with Gasteiger partial charge in [-0.1, -0.05) is 30.3 Å². The first-order valence-corrected chi connectivity index (χ1v) is 10.7. The fourth-order valence-corrected chi connectivity index (χ4v) is 4.06. The maximum Gasteiger partial charge on any atom is 0.223 e. The van der Waals surface area contributed by atoms with Crippen molar-refractivity contribution in [3.05, 3.63) is 52.0 Å². The van der Waals surface area contributed by atoms with E-state index in [0.29, 0.717) is 12.3 Å². The van der Waals surface area contributed by atoms with E-state index in [4.69, 9.17) is 0 Å². The number of halogens is 1. The summed E-state index contributed by atoms with van der Waals surface area (Å²) >= 11 is 1.68. The summed E-state index contributed by atoms with van der Waals surface area (Å²) in [6, 6.07) is 10.3. The SMILES string of the molecule is CN=C(NCCc1csc(C)n1)NCC1CC(=O)N(CCc2ccccc2)C1.I. The largest absolute Gasteiger partial charge is 0.356 e. The monoisotopic (exact) mass is 527 g/mol. The molecule has 8 heteroatoms. The molecule has 2 aromatic rings. The second kappa shape index (κ2) is 12.1. The molecule has 1 atom stereocenters. The molecular weight excluding hydrogens is 497 g/mol. The summed E-state index contributed by atoms with van der Waals surface area (Å²) in [4.78, 5) is 23.0. The van der Waals surface area contributed by atoms with Gasteiger partial charge in [-0.25, -0.2) is 4.98 Å². The lowest BCUT2D eigenvalue weighted by Gasteiger charge is -2.18. The number of benzene rings is 1. The number of thiazole rings is 1. The van der Waals surface area contributed by atoms with Crippen LogP contribution in [-0.4, -0.2) is 55.0 Å². The second-order valence-corrected chi connectivity index (χ2v) is 8.20. The summed E-state index contributed by atoms with van der Waals surface area (Å²) in [5, 5.41) is 9.88. The van der Waals surface area contributed by atoms with Gasteiger partial charge in [-0.3, -0.25) is 9.79 Å². The van der Waals surface area contributed by atoms with E-state index in [1.165, 1.54) is 5.56 Å². The van der Waals surface area contributed by atoms with E-state index in [2.05, 4.69) is 38.1 Å². The van der Waals surface area contributed by atoms with E-state index in [0.717, 1.165) is 55.7 Å². The van der Waals surface area contributed by atoms with Crippen LogP contribution < -0.4 is 10.6 Å². The Morgan fingerprint density at radius 3 is 2.76 bits per heavy atom. The average Bonchev–Trinajstić information content (AvgIpc) is 3.28. The Morgan fingerprint density at radius 1 is 1.28 bits per heavy atom. The van der Waals surface area contributed by atoms with Crippen LogP contribution in [-0.2, 0) is 17.6 Å². The van der Waals surface area contributed by atoms with E-state index in [1.807, 2.05) is 30.0 Å². The Bertz CT molecular complexity index is 795. The number of aromatic nitrogens is 1. The second-order valence-electron chi connectivity index (χ2n) is 7.13. The van der Waals surface area contributed by atoms with E-state index < -0.39 is 0 Å². The van der Waals surface area contributed by atoms with E-state index in [-0.39, 0.29) is 29.9 Å². The lowest BCUT2D eigenvalue weighted by atomic mass is 10.1. The molecule has 1 aromatic carbocycles. The Labute approximate surface area is 194 Å². The third-order valence-corrected chi connectivity index (χ3v) is 5.75. The van der Waals surface area contributed by atoms with Crippen LogP contribution in [0.3, 0.4) is 0 Å². The molecule has 1 amide bonds. The Kier molecular flexibility index (Phi) is 9.86. The van der Waals surface area contributed by atoms with Gasteiger partial charge in [0.2, 0.25) is 5.91 Å². The first-order valence-electron chi connectivity index (χ1n) is 9.81. The van der Waals surface area contributed by atoms with Crippen LogP contribution in [0.5, 0.6) is 0 Å². The van der Waals surface area contributed by atoms with Crippen LogP contribution in [0.15, 0.2) is 40.7 Å².